The number of hydrogen-bond acceptors (Lipinski definition) is 8. The van der Waals surface area contributed by atoms with Gasteiger partial charge in [0.05, 0.1) is 15.5 Å². The molecule has 4 rings (SSSR count). The van der Waals surface area contributed by atoms with Crippen molar-refractivity contribution in [1.29, 1.82) is 5.26 Å². The van der Waals surface area contributed by atoms with Gasteiger partial charge in [-0.3, -0.25) is 14.9 Å². The molecule has 0 saturated carbocycles. The fourth-order valence-corrected chi connectivity index (χ4v) is 4.22. The summed E-state index contributed by atoms with van der Waals surface area (Å²) in [4.78, 5) is 28.7. The van der Waals surface area contributed by atoms with Crippen LogP contribution in [-0.4, -0.2) is 29.7 Å². The highest BCUT2D eigenvalue weighted by Gasteiger charge is 2.21. The molecule has 11 heteroatoms. The molecule has 1 amide bonds. The van der Waals surface area contributed by atoms with E-state index in [1.807, 2.05) is 0 Å². The van der Waals surface area contributed by atoms with Crippen LogP contribution in [0.1, 0.15) is 15.2 Å². The van der Waals surface area contributed by atoms with Crippen LogP contribution >= 0.6 is 22.9 Å². The van der Waals surface area contributed by atoms with Crippen molar-refractivity contribution in [2.45, 2.75) is 0 Å². The number of aromatic nitrogens is 1. The highest BCUT2D eigenvalue weighted by molar-refractivity contribution is 7.12. The lowest BCUT2D eigenvalue weighted by molar-refractivity contribution is -0.384. The Morgan fingerprint density at radius 3 is 2.72 bits per heavy atom. The molecule has 0 aliphatic carbocycles. The minimum Gasteiger partial charge on any atom is -0.467 e. The second-order valence-corrected chi connectivity index (χ2v) is 8.70. The zero-order valence-electron chi connectivity index (χ0n) is 18.7. The quantitative estimate of drug-likeness (QED) is 0.168. The minimum atomic E-state index is -0.523. The first kappa shape index (κ1) is 24.8. The number of rotatable bonds is 8. The van der Waals surface area contributed by atoms with Crippen LogP contribution in [0.4, 0.5) is 11.5 Å². The molecule has 0 aliphatic heterocycles. The van der Waals surface area contributed by atoms with Crippen LogP contribution in [0.2, 0.25) is 5.02 Å². The van der Waals surface area contributed by atoms with E-state index >= 15 is 0 Å². The number of anilines is 1. The van der Waals surface area contributed by atoms with Gasteiger partial charge in [-0.05, 0) is 41.3 Å². The first-order valence-electron chi connectivity index (χ1n) is 10.4. The highest BCUT2D eigenvalue weighted by Crippen LogP contribution is 2.38. The van der Waals surface area contributed by atoms with Crippen LogP contribution in [-0.2, 0) is 4.74 Å². The number of hydrogen-bond donors (Lipinski definition) is 1. The van der Waals surface area contributed by atoms with E-state index in [1.54, 1.807) is 47.8 Å². The van der Waals surface area contributed by atoms with Crippen molar-refractivity contribution in [1.82, 2.24) is 4.98 Å². The summed E-state index contributed by atoms with van der Waals surface area (Å²) in [5.74, 6) is -0.0513. The molecule has 0 aliphatic rings. The zero-order chi connectivity index (χ0) is 25.7. The number of pyridine rings is 1. The van der Waals surface area contributed by atoms with Crippen molar-refractivity contribution in [2.24, 2.45) is 0 Å². The minimum absolute atomic E-state index is 0.00688. The van der Waals surface area contributed by atoms with Crippen molar-refractivity contribution >= 4 is 40.4 Å². The van der Waals surface area contributed by atoms with Crippen molar-refractivity contribution in [3.8, 4) is 34.2 Å². The first-order valence-corrected chi connectivity index (χ1v) is 11.6. The van der Waals surface area contributed by atoms with E-state index in [0.29, 0.717) is 38.0 Å². The molecular weight excluding hydrogens is 504 g/mol. The summed E-state index contributed by atoms with van der Waals surface area (Å²) in [6.45, 7) is -0.0371. The molecule has 2 aromatic heterocycles. The molecule has 2 heterocycles. The molecule has 0 spiro atoms. The van der Waals surface area contributed by atoms with E-state index in [1.165, 1.54) is 36.6 Å². The average Bonchev–Trinajstić information content (AvgIpc) is 3.43. The number of amides is 1. The lowest BCUT2D eigenvalue weighted by Crippen LogP contribution is -2.14. The lowest BCUT2D eigenvalue weighted by Gasteiger charge is -2.16. The Labute approximate surface area is 214 Å². The van der Waals surface area contributed by atoms with E-state index < -0.39 is 10.8 Å². The fourth-order valence-electron chi connectivity index (χ4n) is 3.43. The Morgan fingerprint density at radius 2 is 2.03 bits per heavy atom. The molecule has 0 unspecified atom stereocenters. The summed E-state index contributed by atoms with van der Waals surface area (Å²) >= 11 is 7.49. The fraction of sp³-hybridized carbons (Fsp3) is 0.0800. The van der Waals surface area contributed by atoms with Gasteiger partial charge in [-0.25, -0.2) is 4.98 Å². The van der Waals surface area contributed by atoms with Crippen molar-refractivity contribution in [3.05, 3.63) is 91.6 Å². The molecule has 0 bridgehead atoms. The molecule has 4 aromatic rings. The number of thiophene rings is 1. The number of nitrogens with zero attached hydrogens (tertiary/aromatic N) is 3. The van der Waals surface area contributed by atoms with E-state index in [4.69, 9.17) is 21.1 Å². The van der Waals surface area contributed by atoms with Gasteiger partial charge >= 0.3 is 0 Å². The van der Waals surface area contributed by atoms with Gasteiger partial charge in [0.15, 0.2) is 12.6 Å². The summed E-state index contributed by atoms with van der Waals surface area (Å²) in [6, 6.07) is 17.8. The lowest BCUT2D eigenvalue weighted by atomic mass is 9.97. The molecular formula is C25H17ClN4O5S. The number of nitriles is 1. The summed E-state index contributed by atoms with van der Waals surface area (Å²) in [5.41, 5.74) is 1.44. The number of nitrogens with one attached hydrogen (secondary N) is 1. The molecule has 180 valence electrons. The smallest absolute Gasteiger partial charge is 0.270 e. The Kier molecular flexibility index (Phi) is 7.56. The van der Waals surface area contributed by atoms with Gasteiger partial charge in [0, 0.05) is 35.4 Å². The van der Waals surface area contributed by atoms with Crippen LogP contribution in [0.25, 0.3) is 22.4 Å². The summed E-state index contributed by atoms with van der Waals surface area (Å²) < 4.78 is 10.7. The highest BCUT2D eigenvalue weighted by atomic mass is 35.5. The van der Waals surface area contributed by atoms with Gasteiger partial charge in [-0.2, -0.15) is 5.26 Å². The van der Waals surface area contributed by atoms with Crippen molar-refractivity contribution in [2.75, 3.05) is 19.2 Å². The number of nitro benzene ring substituents is 1. The average molecular weight is 521 g/mol. The van der Waals surface area contributed by atoms with Crippen LogP contribution < -0.4 is 10.1 Å². The second kappa shape index (κ2) is 11.0. The predicted octanol–water partition coefficient (Wildman–Crippen LogP) is 6.15. The molecule has 1 N–H and O–H groups in total. The van der Waals surface area contributed by atoms with E-state index in [9.17, 15) is 20.2 Å². The monoisotopic (exact) mass is 520 g/mol. The van der Waals surface area contributed by atoms with Gasteiger partial charge in [-0.15, -0.1) is 11.3 Å². The van der Waals surface area contributed by atoms with Gasteiger partial charge in [0.2, 0.25) is 0 Å². The molecule has 0 radical (unpaired) electrons. The number of methoxy groups -OCH3 is 1. The Bertz CT molecular complexity index is 1480. The Hall–Kier alpha value is -4.30. The van der Waals surface area contributed by atoms with Crippen molar-refractivity contribution in [3.63, 3.8) is 0 Å². The summed E-state index contributed by atoms with van der Waals surface area (Å²) in [6.07, 6.45) is 0. The number of non-ortho nitro benzene ring substituents is 1. The molecule has 0 atom stereocenters. The maximum absolute atomic E-state index is 12.8. The van der Waals surface area contributed by atoms with Crippen LogP contribution in [0.15, 0.2) is 66.0 Å². The Morgan fingerprint density at radius 1 is 1.19 bits per heavy atom. The maximum Gasteiger partial charge on any atom is 0.270 e. The van der Waals surface area contributed by atoms with Gasteiger partial charge in [-0.1, -0.05) is 29.8 Å². The number of ether oxygens (including phenoxy) is 2. The molecule has 9 nitrogen and oxygen atoms in total. The topological polar surface area (TPSA) is 127 Å². The summed E-state index contributed by atoms with van der Waals surface area (Å²) in [7, 11) is 1.48. The van der Waals surface area contributed by atoms with E-state index in [-0.39, 0.29) is 23.9 Å². The van der Waals surface area contributed by atoms with Crippen LogP contribution in [0, 0.1) is 21.4 Å². The van der Waals surface area contributed by atoms with Gasteiger partial charge in [0.1, 0.15) is 17.4 Å². The number of carbonyl (C=O) groups is 1. The summed E-state index contributed by atoms with van der Waals surface area (Å²) in [5, 5.41) is 26.3. The third-order valence-electron chi connectivity index (χ3n) is 5.03. The maximum atomic E-state index is 12.8. The second-order valence-electron chi connectivity index (χ2n) is 7.32. The third-order valence-corrected chi connectivity index (χ3v) is 6.13. The normalized spacial score (nSPS) is 10.5. The number of nitro groups is 1. The van der Waals surface area contributed by atoms with Crippen LogP contribution in [0.5, 0.6) is 5.75 Å². The molecule has 36 heavy (non-hydrogen) atoms. The number of halogens is 1. The Balaban J connectivity index is 1.95. The van der Waals surface area contributed by atoms with Crippen LogP contribution in [0.3, 0.4) is 0 Å². The molecule has 2 aromatic carbocycles. The molecule has 0 fully saturated rings. The van der Waals surface area contributed by atoms with Gasteiger partial charge in [0.25, 0.3) is 11.6 Å². The van der Waals surface area contributed by atoms with Gasteiger partial charge < -0.3 is 14.8 Å². The standard InChI is InChI=1S/C25H17ClN4O5S/c1-34-14-35-22-8-7-16(26)11-19(22)21-12-18(15-4-2-5-17(10-15)30(32)33)20(13-27)24(28-21)29-25(31)23-6-3-9-36-23/h2-12H,14H2,1H3,(H,28,29,31). The zero-order valence-corrected chi connectivity index (χ0v) is 20.3. The first-order chi connectivity index (χ1) is 17.4. The number of benzene rings is 2. The predicted molar refractivity (Wildman–Crippen MR) is 136 cm³/mol. The van der Waals surface area contributed by atoms with Crippen molar-refractivity contribution < 1.29 is 19.2 Å². The largest absolute Gasteiger partial charge is 0.467 e. The van der Waals surface area contributed by atoms with E-state index in [0.717, 1.165) is 0 Å². The SMILES string of the molecule is COCOc1ccc(Cl)cc1-c1cc(-c2cccc([N+](=O)[O-])c2)c(C#N)c(NC(=O)c2cccs2)n1. The third kappa shape index (κ3) is 5.34. The van der Waals surface area contributed by atoms with E-state index in [2.05, 4.69) is 16.4 Å². The molecule has 0 saturated heterocycles. The number of carbonyl (C=O) groups excluding carboxylic acids is 1.